The molecule has 1 heteroatoms. The molecule has 17 heavy (non-hydrogen) atoms. The highest BCUT2D eigenvalue weighted by Gasteiger charge is 2.23. The average Bonchev–Trinajstić information content (AvgIpc) is 1.96. The lowest BCUT2D eigenvalue weighted by Crippen LogP contribution is -2.21. The van der Waals surface area contributed by atoms with Gasteiger partial charge in [0.1, 0.15) is 0 Å². The van der Waals surface area contributed by atoms with Crippen molar-refractivity contribution >= 4 is 8.58 Å². The van der Waals surface area contributed by atoms with Crippen molar-refractivity contribution in [2.24, 2.45) is 22.7 Å². The summed E-state index contributed by atoms with van der Waals surface area (Å²) in [5.74, 6) is 1.66. The minimum atomic E-state index is 0.542. The van der Waals surface area contributed by atoms with Crippen molar-refractivity contribution in [2.45, 2.75) is 68.2 Å². The summed E-state index contributed by atoms with van der Waals surface area (Å²) >= 11 is 0. The topological polar surface area (TPSA) is 0 Å². The molecule has 0 nitrogen and oxygen atoms in total. The van der Waals surface area contributed by atoms with E-state index in [-0.39, 0.29) is 0 Å². The molecule has 0 saturated heterocycles. The molecule has 0 spiro atoms. The van der Waals surface area contributed by atoms with Crippen molar-refractivity contribution in [1.29, 1.82) is 0 Å². The summed E-state index contributed by atoms with van der Waals surface area (Å²) in [6.07, 6.45) is 5.55. The van der Waals surface area contributed by atoms with Crippen molar-refractivity contribution in [3.05, 3.63) is 0 Å². The monoisotopic (exact) mass is 258 g/mol. The lowest BCUT2D eigenvalue weighted by molar-refractivity contribution is 0.316. The van der Waals surface area contributed by atoms with Crippen LogP contribution in [-0.4, -0.2) is 12.3 Å². The summed E-state index contributed by atoms with van der Waals surface area (Å²) in [6, 6.07) is 0. The maximum absolute atomic E-state index is 2.44. The van der Waals surface area contributed by atoms with Gasteiger partial charge in [0.2, 0.25) is 0 Å². The van der Waals surface area contributed by atoms with Crippen molar-refractivity contribution in [2.75, 3.05) is 12.3 Å². The Morgan fingerprint density at radius 3 is 1.24 bits per heavy atom. The van der Waals surface area contributed by atoms with Crippen LogP contribution >= 0.6 is 8.58 Å². The zero-order valence-corrected chi connectivity index (χ0v) is 14.5. The first-order valence-corrected chi connectivity index (χ1v) is 8.66. The fraction of sp³-hybridized carbons (Fsp3) is 1.00. The van der Waals surface area contributed by atoms with Gasteiger partial charge in [-0.1, -0.05) is 55.4 Å². The predicted octanol–water partition coefficient (Wildman–Crippen LogP) is 5.81. The SMILES string of the molecule is CC(C)CC(C)(C)CPCC(C)(C)CC(C)C. The number of rotatable bonds is 8. The van der Waals surface area contributed by atoms with Crippen LogP contribution in [-0.2, 0) is 0 Å². The van der Waals surface area contributed by atoms with E-state index in [0.29, 0.717) is 10.8 Å². The van der Waals surface area contributed by atoms with Crippen molar-refractivity contribution in [1.82, 2.24) is 0 Å². The molecule has 0 aliphatic rings. The minimum Gasteiger partial charge on any atom is -0.121 e. The Balaban J connectivity index is 3.97. The van der Waals surface area contributed by atoms with E-state index in [0.717, 1.165) is 20.4 Å². The number of hydrogen-bond donors (Lipinski definition) is 0. The second kappa shape index (κ2) is 7.13. The van der Waals surface area contributed by atoms with Crippen LogP contribution in [0.15, 0.2) is 0 Å². The zero-order chi connectivity index (χ0) is 13.7. The van der Waals surface area contributed by atoms with Gasteiger partial charge in [-0.3, -0.25) is 0 Å². The van der Waals surface area contributed by atoms with E-state index >= 15 is 0 Å². The Bertz CT molecular complexity index is 180. The first kappa shape index (κ1) is 17.4. The van der Waals surface area contributed by atoms with Gasteiger partial charge in [0, 0.05) is 0 Å². The first-order valence-electron chi connectivity index (χ1n) is 7.25. The molecule has 0 radical (unpaired) electrons. The molecule has 104 valence electrons. The molecule has 0 atom stereocenters. The molecule has 0 bridgehead atoms. The van der Waals surface area contributed by atoms with Gasteiger partial charge in [-0.25, -0.2) is 0 Å². The second-order valence-corrected chi connectivity index (χ2v) is 9.34. The molecule has 0 aliphatic heterocycles. The van der Waals surface area contributed by atoms with E-state index in [1.54, 1.807) is 0 Å². The predicted molar refractivity (Wildman–Crippen MR) is 84.5 cm³/mol. The van der Waals surface area contributed by atoms with E-state index < -0.39 is 0 Å². The minimum absolute atomic E-state index is 0.542. The second-order valence-electron chi connectivity index (χ2n) is 8.13. The summed E-state index contributed by atoms with van der Waals surface area (Å²) in [4.78, 5) is 0. The molecule has 0 heterocycles. The highest BCUT2D eigenvalue weighted by Crippen LogP contribution is 2.37. The third-order valence-electron chi connectivity index (χ3n) is 3.13. The summed E-state index contributed by atoms with van der Waals surface area (Å²) < 4.78 is 0. The molecule has 0 aromatic carbocycles. The van der Waals surface area contributed by atoms with E-state index in [2.05, 4.69) is 55.4 Å². The Kier molecular flexibility index (Phi) is 7.31. The molecule has 0 amide bonds. The smallest absolute Gasteiger partial charge is 0.0302 e. The van der Waals surface area contributed by atoms with Gasteiger partial charge in [0.15, 0.2) is 0 Å². The molecule has 0 unspecified atom stereocenters. The lowest BCUT2D eigenvalue weighted by atomic mass is 9.86. The largest absolute Gasteiger partial charge is 0.121 e. The summed E-state index contributed by atoms with van der Waals surface area (Å²) in [7, 11) is 1.13. The average molecular weight is 258 g/mol. The maximum atomic E-state index is 2.44. The van der Waals surface area contributed by atoms with Crippen molar-refractivity contribution < 1.29 is 0 Å². The van der Waals surface area contributed by atoms with Crippen LogP contribution < -0.4 is 0 Å². The van der Waals surface area contributed by atoms with Gasteiger partial charge in [-0.2, -0.15) is 0 Å². The standard InChI is InChI=1S/C16H35P/c1-13(2)9-15(5,6)11-17-12-16(7,8)10-14(3)4/h13-14,17H,9-12H2,1-8H3. The Morgan fingerprint density at radius 1 is 0.706 bits per heavy atom. The fourth-order valence-electron chi connectivity index (χ4n) is 3.09. The quantitative estimate of drug-likeness (QED) is 0.482. The Morgan fingerprint density at radius 2 is 1.00 bits per heavy atom. The normalized spacial score (nSPS) is 13.8. The lowest BCUT2D eigenvalue weighted by Gasteiger charge is -2.31. The molecule has 0 saturated carbocycles. The van der Waals surface area contributed by atoms with Gasteiger partial charge in [0.25, 0.3) is 0 Å². The van der Waals surface area contributed by atoms with E-state index in [9.17, 15) is 0 Å². The number of hydrogen-bond acceptors (Lipinski definition) is 0. The van der Waals surface area contributed by atoms with E-state index in [1.807, 2.05) is 0 Å². The van der Waals surface area contributed by atoms with Crippen LogP contribution in [0.2, 0.25) is 0 Å². The molecular weight excluding hydrogens is 223 g/mol. The van der Waals surface area contributed by atoms with Crippen LogP contribution in [0.4, 0.5) is 0 Å². The molecule has 0 aromatic heterocycles. The zero-order valence-electron chi connectivity index (χ0n) is 13.5. The first-order chi connectivity index (χ1) is 7.54. The third kappa shape index (κ3) is 10.1. The molecule has 0 rings (SSSR count). The molecule has 0 aliphatic carbocycles. The van der Waals surface area contributed by atoms with Crippen LogP contribution in [0.5, 0.6) is 0 Å². The van der Waals surface area contributed by atoms with Crippen LogP contribution in [0.3, 0.4) is 0 Å². The highest BCUT2D eigenvalue weighted by atomic mass is 31.1. The van der Waals surface area contributed by atoms with E-state index in [1.165, 1.54) is 25.2 Å². The highest BCUT2D eigenvalue weighted by molar-refractivity contribution is 7.38. The van der Waals surface area contributed by atoms with Crippen molar-refractivity contribution in [3.63, 3.8) is 0 Å². The summed E-state index contributed by atoms with van der Waals surface area (Å²) in [6.45, 7) is 19.1. The molecule has 0 fully saturated rings. The molecule has 0 N–H and O–H groups in total. The van der Waals surface area contributed by atoms with Gasteiger partial charge in [-0.05, 0) is 47.8 Å². The molecular formula is C16H35P. The van der Waals surface area contributed by atoms with Gasteiger partial charge >= 0.3 is 0 Å². The fourth-order valence-corrected chi connectivity index (χ4v) is 4.86. The van der Waals surface area contributed by atoms with Crippen molar-refractivity contribution in [3.8, 4) is 0 Å². The van der Waals surface area contributed by atoms with Crippen LogP contribution in [0, 0.1) is 22.7 Å². The third-order valence-corrected chi connectivity index (χ3v) is 5.54. The van der Waals surface area contributed by atoms with Crippen LogP contribution in [0.25, 0.3) is 0 Å². The summed E-state index contributed by atoms with van der Waals surface area (Å²) in [5, 5.41) is 0. The van der Waals surface area contributed by atoms with E-state index in [4.69, 9.17) is 0 Å². The van der Waals surface area contributed by atoms with Gasteiger partial charge < -0.3 is 0 Å². The van der Waals surface area contributed by atoms with Crippen LogP contribution in [0.1, 0.15) is 68.2 Å². The maximum Gasteiger partial charge on any atom is -0.0302 e. The Labute approximate surface area is 112 Å². The molecule has 0 aromatic rings. The summed E-state index contributed by atoms with van der Waals surface area (Å²) in [5.41, 5.74) is 1.08. The Hall–Kier alpha value is 0.430. The van der Waals surface area contributed by atoms with Gasteiger partial charge in [-0.15, -0.1) is 8.58 Å². The van der Waals surface area contributed by atoms with Gasteiger partial charge in [0.05, 0.1) is 0 Å².